The van der Waals surface area contributed by atoms with Crippen molar-refractivity contribution < 1.29 is 4.79 Å². The highest BCUT2D eigenvalue weighted by Crippen LogP contribution is 2.49. The monoisotopic (exact) mass is 409 g/mol. The number of anilines is 3. The Labute approximate surface area is 175 Å². The maximum absolute atomic E-state index is 12.9. The molecule has 2 aliphatic rings. The van der Waals surface area contributed by atoms with Gasteiger partial charge in [-0.15, -0.1) is 0 Å². The average molecular weight is 410 g/mol. The van der Waals surface area contributed by atoms with Crippen LogP contribution < -0.4 is 14.7 Å². The lowest BCUT2D eigenvalue weighted by Crippen LogP contribution is -2.38. The summed E-state index contributed by atoms with van der Waals surface area (Å²) in [5, 5.41) is -0.0536. The van der Waals surface area contributed by atoms with E-state index in [4.69, 9.17) is 12.2 Å². The van der Waals surface area contributed by atoms with E-state index in [-0.39, 0.29) is 17.3 Å². The van der Waals surface area contributed by atoms with Crippen molar-refractivity contribution in [2.45, 2.75) is 39.8 Å². The van der Waals surface area contributed by atoms with Gasteiger partial charge in [-0.2, -0.15) is 0 Å². The van der Waals surface area contributed by atoms with E-state index in [0.29, 0.717) is 4.99 Å². The molecule has 0 saturated carbocycles. The fourth-order valence-electron chi connectivity index (χ4n) is 3.78. The summed E-state index contributed by atoms with van der Waals surface area (Å²) in [5.41, 5.74) is 3.12. The van der Waals surface area contributed by atoms with Gasteiger partial charge in [0.1, 0.15) is 10.8 Å². The largest absolute Gasteiger partial charge is 0.322 e. The molecular formula is C22H23N3OS2. The molecule has 6 heteroatoms. The highest BCUT2D eigenvalue weighted by atomic mass is 32.2. The van der Waals surface area contributed by atoms with Gasteiger partial charge in [-0.1, -0.05) is 42.5 Å². The smallest absolute Gasteiger partial charge is 0.296 e. The summed E-state index contributed by atoms with van der Waals surface area (Å²) >= 11 is 7.05. The number of benzene rings is 2. The average Bonchev–Trinajstić information content (AvgIpc) is 3.16. The summed E-state index contributed by atoms with van der Waals surface area (Å²) in [7, 11) is 0. The minimum atomic E-state index is -0.0536. The minimum absolute atomic E-state index is 0.0536. The molecular weight excluding hydrogens is 386 g/mol. The first-order chi connectivity index (χ1) is 13.4. The van der Waals surface area contributed by atoms with E-state index in [9.17, 15) is 4.79 Å². The van der Waals surface area contributed by atoms with Crippen molar-refractivity contribution in [3.63, 3.8) is 0 Å². The van der Waals surface area contributed by atoms with Gasteiger partial charge in [-0.3, -0.25) is 9.69 Å². The van der Waals surface area contributed by atoms with Crippen LogP contribution in [0.15, 0.2) is 65.3 Å². The Hall–Kier alpha value is -2.31. The quantitative estimate of drug-likeness (QED) is 0.458. The summed E-state index contributed by atoms with van der Waals surface area (Å²) < 4.78 is 0. The number of para-hydroxylation sites is 3. The fourth-order valence-corrected chi connectivity index (χ4v) is 5.17. The van der Waals surface area contributed by atoms with Crippen molar-refractivity contribution in [2.75, 3.05) is 14.7 Å². The maximum atomic E-state index is 12.9. The zero-order valence-corrected chi connectivity index (χ0v) is 18.1. The van der Waals surface area contributed by atoms with Crippen molar-refractivity contribution in [1.29, 1.82) is 0 Å². The van der Waals surface area contributed by atoms with E-state index < -0.39 is 0 Å². The van der Waals surface area contributed by atoms with Crippen molar-refractivity contribution in [3.05, 3.63) is 65.3 Å². The van der Waals surface area contributed by atoms with E-state index in [0.717, 1.165) is 27.8 Å². The van der Waals surface area contributed by atoms with E-state index in [1.807, 2.05) is 30.3 Å². The number of hydrogen-bond acceptors (Lipinski definition) is 5. The SMILES string of the molecule is CC(C)N1C(=C2SC(=O)N(c3ccccc3)C2=S)N(C(C)C)c2ccccc21. The van der Waals surface area contributed by atoms with Crippen molar-refractivity contribution in [1.82, 2.24) is 0 Å². The molecule has 1 saturated heterocycles. The normalized spacial score (nSPS) is 16.9. The topological polar surface area (TPSA) is 26.8 Å². The maximum Gasteiger partial charge on any atom is 0.296 e. The molecule has 0 N–H and O–H groups in total. The van der Waals surface area contributed by atoms with Crippen LogP contribution in [0.25, 0.3) is 0 Å². The molecule has 4 nitrogen and oxygen atoms in total. The lowest BCUT2D eigenvalue weighted by Gasteiger charge is -2.32. The van der Waals surface area contributed by atoms with Crippen LogP contribution >= 0.6 is 24.0 Å². The summed E-state index contributed by atoms with van der Waals surface area (Å²) in [4.78, 5) is 20.6. The second-order valence-electron chi connectivity index (χ2n) is 7.41. The van der Waals surface area contributed by atoms with Gasteiger partial charge in [-0.25, -0.2) is 0 Å². The van der Waals surface area contributed by atoms with Crippen LogP contribution in [0.1, 0.15) is 27.7 Å². The third-order valence-corrected chi connectivity index (χ3v) is 6.33. The van der Waals surface area contributed by atoms with Crippen LogP contribution in [0, 0.1) is 0 Å². The first-order valence-corrected chi connectivity index (χ1v) is 10.7. The molecule has 2 aliphatic heterocycles. The Bertz CT molecular complexity index is 932. The first-order valence-electron chi connectivity index (χ1n) is 9.45. The van der Waals surface area contributed by atoms with Gasteiger partial charge in [0.05, 0.1) is 22.0 Å². The number of rotatable bonds is 3. The van der Waals surface area contributed by atoms with Gasteiger partial charge in [0.15, 0.2) is 0 Å². The Morgan fingerprint density at radius 1 is 0.821 bits per heavy atom. The molecule has 28 heavy (non-hydrogen) atoms. The minimum Gasteiger partial charge on any atom is -0.322 e. The van der Waals surface area contributed by atoms with Crippen molar-refractivity contribution in [2.24, 2.45) is 0 Å². The number of carbonyl (C=O) groups excluding carboxylic acids is 1. The molecule has 0 bridgehead atoms. The Morgan fingerprint density at radius 2 is 1.32 bits per heavy atom. The molecule has 144 valence electrons. The van der Waals surface area contributed by atoms with Crippen LogP contribution in [-0.4, -0.2) is 22.3 Å². The predicted molar refractivity (Wildman–Crippen MR) is 123 cm³/mol. The molecule has 0 unspecified atom stereocenters. The van der Waals surface area contributed by atoms with E-state index in [2.05, 4.69) is 61.8 Å². The second kappa shape index (κ2) is 7.26. The molecule has 2 heterocycles. The lowest BCUT2D eigenvalue weighted by atomic mass is 10.2. The molecule has 1 fully saturated rings. The molecule has 0 atom stereocenters. The fraction of sp³-hybridized carbons (Fsp3) is 0.273. The van der Waals surface area contributed by atoms with Gasteiger partial charge >= 0.3 is 0 Å². The Kier molecular flexibility index (Phi) is 4.93. The van der Waals surface area contributed by atoms with Crippen LogP contribution in [0.3, 0.4) is 0 Å². The highest BCUT2D eigenvalue weighted by Gasteiger charge is 2.43. The third-order valence-electron chi connectivity index (χ3n) is 4.88. The zero-order valence-electron chi connectivity index (χ0n) is 16.4. The van der Waals surface area contributed by atoms with Crippen LogP contribution in [-0.2, 0) is 0 Å². The Balaban J connectivity index is 1.89. The number of thioether (sulfide) groups is 1. The number of thiocarbonyl (C=S) groups is 1. The Morgan fingerprint density at radius 3 is 1.82 bits per heavy atom. The van der Waals surface area contributed by atoms with Crippen molar-refractivity contribution >= 4 is 51.3 Å². The molecule has 2 aromatic carbocycles. The van der Waals surface area contributed by atoms with Gasteiger partial charge in [-0.05, 0) is 63.7 Å². The number of amides is 1. The molecule has 0 aliphatic carbocycles. The van der Waals surface area contributed by atoms with Gasteiger partial charge in [0.25, 0.3) is 5.24 Å². The second-order valence-corrected chi connectivity index (χ2v) is 8.76. The van der Waals surface area contributed by atoms with E-state index in [1.54, 1.807) is 4.90 Å². The molecule has 2 aromatic rings. The lowest BCUT2D eigenvalue weighted by molar-refractivity contribution is 0.268. The zero-order chi connectivity index (χ0) is 20.0. The number of carbonyl (C=O) groups is 1. The summed E-state index contributed by atoms with van der Waals surface area (Å²) in [6, 6.07) is 18.5. The molecule has 0 spiro atoms. The van der Waals surface area contributed by atoms with Gasteiger partial charge in [0.2, 0.25) is 0 Å². The molecule has 0 radical (unpaired) electrons. The van der Waals surface area contributed by atoms with E-state index >= 15 is 0 Å². The van der Waals surface area contributed by atoms with Crippen LogP contribution in [0.2, 0.25) is 0 Å². The van der Waals surface area contributed by atoms with Gasteiger partial charge in [0, 0.05) is 12.1 Å². The predicted octanol–water partition coefficient (Wildman–Crippen LogP) is 6.00. The number of hydrogen-bond donors (Lipinski definition) is 0. The molecule has 1 amide bonds. The first kappa shape index (κ1) is 19.0. The summed E-state index contributed by atoms with van der Waals surface area (Å²) in [6.45, 7) is 8.67. The molecule has 4 rings (SSSR count). The number of nitrogens with zero attached hydrogens (tertiary/aromatic N) is 3. The van der Waals surface area contributed by atoms with Gasteiger partial charge < -0.3 is 9.80 Å². The van der Waals surface area contributed by atoms with Crippen LogP contribution in [0.4, 0.5) is 21.9 Å². The summed E-state index contributed by atoms with van der Waals surface area (Å²) in [6.07, 6.45) is 0. The van der Waals surface area contributed by atoms with E-state index in [1.165, 1.54) is 11.8 Å². The van der Waals surface area contributed by atoms with Crippen LogP contribution in [0.5, 0.6) is 0 Å². The number of fused-ring (bicyclic) bond motifs is 1. The standard InChI is InChI=1S/C22H23N3OS2/c1-14(2)23-17-12-8-9-13-18(17)24(15(3)4)20(23)19-21(27)25(22(26)28-19)16-10-6-5-7-11-16/h5-15H,1-4H3. The molecule has 0 aromatic heterocycles. The highest BCUT2D eigenvalue weighted by molar-refractivity contribution is 8.20. The third kappa shape index (κ3) is 2.91. The van der Waals surface area contributed by atoms with Crippen molar-refractivity contribution in [3.8, 4) is 0 Å². The summed E-state index contributed by atoms with van der Waals surface area (Å²) in [5.74, 6) is 1.01.